The van der Waals surface area contributed by atoms with Gasteiger partial charge in [0.05, 0.1) is 0 Å². The predicted octanol–water partition coefficient (Wildman–Crippen LogP) is 5.33. The van der Waals surface area contributed by atoms with Gasteiger partial charge in [-0.25, -0.2) is 10.8 Å². The first-order chi connectivity index (χ1) is 10.1. The first-order valence-electron chi connectivity index (χ1n) is 7.30. The van der Waals surface area contributed by atoms with Crippen LogP contribution >= 0.6 is 24.8 Å². The third-order valence-corrected chi connectivity index (χ3v) is 4.21. The molecule has 2 rings (SSSR count). The Morgan fingerprint density at radius 2 is 1.67 bits per heavy atom. The molecule has 1 aliphatic carbocycles. The van der Waals surface area contributed by atoms with Gasteiger partial charge in [-0.1, -0.05) is 52.7 Å². The first kappa shape index (κ1) is 28.7. The van der Waals surface area contributed by atoms with E-state index in [2.05, 4.69) is 62.7 Å². The molecule has 0 amide bonds. The fraction of sp³-hybridized carbons (Fsp3) is 0.421. The molecular weight excluding hydrogens is 391 g/mol. The second kappa shape index (κ2) is 13.1. The van der Waals surface area contributed by atoms with Crippen molar-refractivity contribution in [3.63, 3.8) is 0 Å². The molecule has 0 spiro atoms. The average Bonchev–Trinajstić information content (AvgIpc) is 2.67. The summed E-state index contributed by atoms with van der Waals surface area (Å²) in [5.74, 6) is 0.856. The Hall–Kier alpha value is -0.119. The zero-order chi connectivity index (χ0) is 17.5. The quantitative estimate of drug-likeness (QED) is 0.446. The molecule has 3 radical (unpaired) electrons. The van der Waals surface area contributed by atoms with Crippen LogP contribution in [-0.2, 0) is 25.4 Å². The molecule has 1 aliphatic rings. The molecule has 0 fully saturated rings. The third-order valence-electron chi connectivity index (χ3n) is 3.69. The maximum absolute atomic E-state index is 9.18. The Balaban J connectivity index is -0.000000313. The number of aromatic hydroxyl groups is 1. The average molecular weight is 419 g/mol. The Morgan fingerprint density at radius 3 is 1.88 bits per heavy atom. The van der Waals surface area contributed by atoms with E-state index in [0.717, 1.165) is 10.8 Å². The predicted molar refractivity (Wildman–Crippen MR) is 108 cm³/mol. The van der Waals surface area contributed by atoms with Gasteiger partial charge < -0.3 is 5.11 Å². The standard InChI is InChI=1S/C10H14O.C8H10Si.CH2.2ClH.Ti/c1-10(2,3)8-5-4-6-9(11)7-8;1-5-4-8(9)7(3)6(5)2;;;;/h4-7,11H,1-3H3;5H,1-3H3;1H2;2*1H;/q;-1;;;;+1. The van der Waals surface area contributed by atoms with Gasteiger partial charge in [-0.15, -0.1) is 31.7 Å². The van der Waals surface area contributed by atoms with E-state index in [9.17, 15) is 5.11 Å². The van der Waals surface area contributed by atoms with Crippen molar-refractivity contribution in [2.75, 3.05) is 0 Å². The van der Waals surface area contributed by atoms with Gasteiger partial charge in [-0.3, -0.25) is 6.08 Å². The van der Waals surface area contributed by atoms with Crippen LogP contribution in [0.1, 0.15) is 47.1 Å². The van der Waals surface area contributed by atoms with Crippen molar-refractivity contribution in [3.05, 3.63) is 52.2 Å². The molecule has 0 saturated carbocycles. The SMILES string of the molecule is CC(C)(C)c1cccc(O)c1.CC1=C(C)C(C)[C-]=C1[Si].Cl.Cl.[CH2]=[Ti+]. The van der Waals surface area contributed by atoms with Crippen LogP contribution in [0.15, 0.2) is 40.6 Å². The summed E-state index contributed by atoms with van der Waals surface area (Å²) >= 11 is 1.75. The number of phenols is 1. The molecule has 0 aliphatic heterocycles. The van der Waals surface area contributed by atoms with Gasteiger partial charge >= 0.3 is 24.8 Å². The molecule has 5 heteroatoms. The van der Waals surface area contributed by atoms with E-state index in [4.69, 9.17) is 0 Å². The molecule has 0 bridgehead atoms. The zero-order valence-electron chi connectivity index (χ0n) is 15.4. The summed E-state index contributed by atoms with van der Waals surface area (Å²) in [6.45, 7) is 12.8. The van der Waals surface area contributed by atoms with Gasteiger partial charge in [0.2, 0.25) is 0 Å². The van der Waals surface area contributed by atoms with Gasteiger partial charge in [0.1, 0.15) is 5.75 Å². The molecule has 0 aromatic heterocycles. The molecule has 1 aromatic rings. The second-order valence-corrected chi connectivity index (χ2v) is 6.85. The van der Waals surface area contributed by atoms with Crippen LogP contribution in [0.4, 0.5) is 0 Å². The molecule has 1 N–H and O–H groups in total. The molecular formula is C19H28Cl2OSiTi. The fourth-order valence-electron chi connectivity index (χ4n) is 1.93. The maximum atomic E-state index is 9.18. The van der Waals surface area contributed by atoms with Gasteiger partial charge in [-0.2, -0.15) is 5.57 Å². The van der Waals surface area contributed by atoms with Crippen LogP contribution in [0.2, 0.25) is 0 Å². The Labute approximate surface area is 175 Å². The summed E-state index contributed by atoms with van der Waals surface area (Å²) in [5, 5.41) is 10.3. The van der Waals surface area contributed by atoms with Gasteiger partial charge in [0.15, 0.2) is 0 Å². The molecule has 24 heavy (non-hydrogen) atoms. The molecule has 1 atom stereocenters. The molecule has 1 nitrogen and oxygen atoms in total. The summed E-state index contributed by atoms with van der Waals surface area (Å²) < 4.78 is 0. The van der Waals surface area contributed by atoms with Crippen molar-refractivity contribution in [1.82, 2.24) is 0 Å². The summed E-state index contributed by atoms with van der Waals surface area (Å²) in [6, 6.07) is 7.39. The van der Waals surface area contributed by atoms with Crippen molar-refractivity contribution in [2.24, 2.45) is 5.92 Å². The number of benzene rings is 1. The summed E-state index contributed by atoms with van der Waals surface area (Å²) in [4.78, 5) is 3.25. The van der Waals surface area contributed by atoms with E-state index in [1.54, 1.807) is 32.1 Å². The van der Waals surface area contributed by atoms with E-state index in [-0.39, 0.29) is 30.2 Å². The number of halogens is 2. The van der Waals surface area contributed by atoms with Gasteiger partial charge in [-0.05, 0) is 23.1 Å². The number of rotatable bonds is 0. The van der Waals surface area contributed by atoms with Crippen LogP contribution in [0.5, 0.6) is 5.75 Å². The zero-order valence-corrected chi connectivity index (χ0v) is 19.6. The van der Waals surface area contributed by atoms with Crippen LogP contribution in [0, 0.1) is 12.0 Å². The molecule has 1 aromatic carbocycles. The Bertz CT molecular complexity index is 563. The monoisotopic (exact) mass is 418 g/mol. The van der Waals surface area contributed by atoms with Crippen LogP contribution in [0.3, 0.4) is 0 Å². The van der Waals surface area contributed by atoms with E-state index < -0.39 is 0 Å². The second-order valence-electron chi connectivity index (χ2n) is 6.35. The number of hydrogen-bond acceptors (Lipinski definition) is 1. The summed E-state index contributed by atoms with van der Waals surface area (Å²) in [6.07, 6.45) is 3.27. The number of allylic oxidation sites excluding steroid dienone is 4. The van der Waals surface area contributed by atoms with Gasteiger partial charge in [0, 0.05) is 10.2 Å². The van der Waals surface area contributed by atoms with Crippen molar-refractivity contribution in [1.29, 1.82) is 0 Å². The van der Waals surface area contributed by atoms with Crippen LogP contribution in [0.25, 0.3) is 0 Å². The van der Waals surface area contributed by atoms with Crippen molar-refractivity contribution < 1.29 is 25.1 Å². The summed E-state index contributed by atoms with van der Waals surface area (Å²) in [5.41, 5.74) is 4.07. The van der Waals surface area contributed by atoms with Crippen molar-refractivity contribution >= 4 is 39.9 Å². The van der Waals surface area contributed by atoms with Crippen molar-refractivity contribution in [2.45, 2.75) is 47.0 Å². The summed E-state index contributed by atoms with van der Waals surface area (Å²) in [7, 11) is 3.48. The number of phenolic OH excluding ortho intramolecular Hbond substituents is 1. The molecule has 0 saturated heterocycles. The van der Waals surface area contributed by atoms with Crippen LogP contribution < -0.4 is 0 Å². The Kier molecular flexibility index (Phi) is 15.7. The minimum absolute atomic E-state index is 0. The van der Waals surface area contributed by atoms with Gasteiger partial charge in [0.25, 0.3) is 0 Å². The van der Waals surface area contributed by atoms with Crippen LogP contribution in [-0.4, -0.2) is 20.2 Å². The van der Waals surface area contributed by atoms with Crippen molar-refractivity contribution in [3.8, 4) is 5.75 Å². The van der Waals surface area contributed by atoms with E-state index in [0.29, 0.717) is 11.7 Å². The molecule has 132 valence electrons. The minimum atomic E-state index is 0. The van der Waals surface area contributed by atoms with E-state index in [1.165, 1.54) is 11.1 Å². The van der Waals surface area contributed by atoms with E-state index >= 15 is 0 Å². The Morgan fingerprint density at radius 1 is 1.17 bits per heavy atom. The molecule has 0 heterocycles. The topological polar surface area (TPSA) is 20.2 Å². The first-order valence-corrected chi connectivity index (χ1v) is 8.91. The number of hydrogen-bond donors (Lipinski definition) is 1. The fourth-order valence-corrected chi connectivity index (χ4v) is 2.34. The third kappa shape index (κ3) is 9.39. The van der Waals surface area contributed by atoms with E-state index in [1.807, 2.05) is 12.1 Å². The molecule has 1 unspecified atom stereocenters. The normalized spacial score (nSPS) is 15.7.